The number of hydrogen-bond acceptors (Lipinski definition) is 6. The van der Waals surface area contributed by atoms with Crippen LogP contribution in [0.15, 0.2) is 18.2 Å². The summed E-state index contributed by atoms with van der Waals surface area (Å²) in [6.07, 6.45) is 2.94. The molecule has 0 aliphatic carbocycles. The van der Waals surface area contributed by atoms with E-state index in [1.165, 1.54) is 0 Å². The molecule has 29 heavy (non-hydrogen) atoms. The van der Waals surface area contributed by atoms with Gasteiger partial charge in [-0.25, -0.2) is 0 Å². The SMILES string of the molecule is NCC1CCC2(CN(Cc3ccc4c(c3)C(=O)N(C3CCC(=O)NC3=O)C4)C2)O1. The summed E-state index contributed by atoms with van der Waals surface area (Å²) < 4.78 is 6.10. The van der Waals surface area contributed by atoms with Gasteiger partial charge in [0, 0.05) is 44.7 Å². The highest BCUT2D eigenvalue weighted by atomic mass is 16.5. The fourth-order valence-corrected chi connectivity index (χ4v) is 5.13. The smallest absolute Gasteiger partial charge is 0.255 e. The molecule has 3 amide bonds. The first-order chi connectivity index (χ1) is 14.0. The second kappa shape index (κ2) is 6.90. The highest BCUT2D eigenvalue weighted by Crippen LogP contribution is 2.38. The molecule has 2 atom stereocenters. The number of hydrogen-bond donors (Lipinski definition) is 2. The predicted octanol–water partition coefficient (Wildman–Crippen LogP) is 0.140. The molecule has 3 saturated heterocycles. The van der Waals surface area contributed by atoms with Crippen molar-refractivity contribution in [3.05, 3.63) is 34.9 Å². The topological polar surface area (TPSA) is 105 Å². The molecule has 3 fully saturated rings. The number of nitrogens with one attached hydrogen (secondary N) is 1. The number of piperidine rings is 1. The van der Waals surface area contributed by atoms with E-state index in [1.807, 2.05) is 12.1 Å². The summed E-state index contributed by atoms with van der Waals surface area (Å²) in [7, 11) is 0. The van der Waals surface area contributed by atoms with Crippen LogP contribution in [0.2, 0.25) is 0 Å². The van der Waals surface area contributed by atoms with Gasteiger partial charge in [0.25, 0.3) is 5.91 Å². The Morgan fingerprint density at radius 1 is 1.21 bits per heavy atom. The number of nitrogens with zero attached hydrogens (tertiary/aromatic N) is 2. The van der Waals surface area contributed by atoms with Gasteiger partial charge in [0.15, 0.2) is 0 Å². The Morgan fingerprint density at radius 3 is 2.76 bits per heavy atom. The molecule has 1 aromatic rings. The van der Waals surface area contributed by atoms with Gasteiger partial charge in [-0.05, 0) is 36.5 Å². The van der Waals surface area contributed by atoms with Crippen molar-refractivity contribution in [1.82, 2.24) is 15.1 Å². The fraction of sp³-hybridized carbons (Fsp3) is 0.571. The van der Waals surface area contributed by atoms with Crippen molar-refractivity contribution in [2.45, 2.75) is 56.5 Å². The van der Waals surface area contributed by atoms with Gasteiger partial charge in [-0.3, -0.25) is 24.6 Å². The van der Waals surface area contributed by atoms with Crippen molar-refractivity contribution in [2.24, 2.45) is 5.73 Å². The predicted molar refractivity (Wildman–Crippen MR) is 104 cm³/mol. The second-order valence-electron chi connectivity index (χ2n) is 8.73. The van der Waals surface area contributed by atoms with E-state index in [0.717, 1.165) is 43.6 Å². The van der Waals surface area contributed by atoms with E-state index in [0.29, 0.717) is 25.1 Å². The van der Waals surface area contributed by atoms with Gasteiger partial charge in [-0.2, -0.15) is 0 Å². The normalized spacial score (nSPS) is 28.6. The van der Waals surface area contributed by atoms with E-state index >= 15 is 0 Å². The zero-order valence-corrected chi connectivity index (χ0v) is 16.4. The monoisotopic (exact) mass is 398 g/mol. The molecular formula is C21H26N4O4. The zero-order valence-electron chi connectivity index (χ0n) is 16.4. The zero-order chi connectivity index (χ0) is 20.2. The summed E-state index contributed by atoms with van der Waals surface area (Å²) in [5, 5.41) is 2.34. The van der Waals surface area contributed by atoms with E-state index in [2.05, 4.69) is 16.3 Å². The van der Waals surface area contributed by atoms with Crippen LogP contribution in [-0.2, 0) is 27.4 Å². The number of imide groups is 1. The summed E-state index contributed by atoms with van der Waals surface area (Å²) in [5.74, 6) is -0.767. The molecule has 154 valence electrons. The Balaban J connectivity index is 1.23. The van der Waals surface area contributed by atoms with Crippen LogP contribution in [0.1, 0.15) is 47.2 Å². The molecule has 8 heteroatoms. The average Bonchev–Trinajstić information content (AvgIpc) is 3.24. The van der Waals surface area contributed by atoms with Crippen molar-refractivity contribution in [3.8, 4) is 0 Å². The largest absolute Gasteiger partial charge is 0.368 e. The molecule has 4 aliphatic heterocycles. The third-order valence-electron chi connectivity index (χ3n) is 6.62. The molecule has 0 saturated carbocycles. The number of amides is 3. The number of rotatable bonds is 4. The Labute approximate surface area is 169 Å². The lowest BCUT2D eigenvalue weighted by Crippen LogP contribution is -2.61. The number of fused-ring (bicyclic) bond motifs is 1. The first-order valence-corrected chi connectivity index (χ1v) is 10.3. The average molecular weight is 398 g/mol. The number of ether oxygens (including phenoxy) is 1. The third-order valence-corrected chi connectivity index (χ3v) is 6.62. The second-order valence-corrected chi connectivity index (χ2v) is 8.73. The van der Waals surface area contributed by atoms with Crippen molar-refractivity contribution >= 4 is 17.7 Å². The van der Waals surface area contributed by atoms with Crippen LogP contribution in [-0.4, -0.2) is 64.9 Å². The number of nitrogens with two attached hydrogens (primary N) is 1. The molecule has 0 radical (unpaired) electrons. The minimum absolute atomic E-state index is 0.0286. The first kappa shape index (κ1) is 18.7. The quantitative estimate of drug-likeness (QED) is 0.699. The number of benzene rings is 1. The highest BCUT2D eigenvalue weighted by molar-refractivity contribution is 6.05. The molecule has 3 N–H and O–H groups in total. The lowest BCUT2D eigenvalue weighted by molar-refractivity contribution is -0.137. The molecule has 4 heterocycles. The van der Waals surface area contributed by atoms with Crippen LogP contribution in [0.5, 0.6) is 0 Å². The Bertz CT molecular complexity index is 879. The van der Waals surface area contributed by atoms with Gasteiger partial charge in [-0.1, -0.05) is 12.1 Å². The molecule has 0 aromatic heterocycles. The van der Waals surface area contributed by atoms with Crippen LogP contribution >= 0.6 is 0 Å². The van der Waals surface area contributed by atoms with E-state index in [-0.39, 0.29) is 35.8 Å². The van der Waals surface area contributed by atoms with Crippen LogP contribution in [0.3, 0.4) is 0 Å². The van der Waals surface area contributed by atoms with Crippen LogP contribution in [0.25, 0.3) is 0 Å². The Morgan fingerprint density at radius 2 is 2.03 bits per heavy atom. The van der Waals surface area contributed by atoms with Crippen LogP contribution in [0.4, 0.5) is 0 Å². The molecule has 4 aliphatic rings. The minimum atomic E-state index is -0.568. The fourth-order valence-electron chi connectivity index (χ4n) is 5.13. The molecule has 8 nitrogen and oxygen atoms in total. The number of carbonyl (C=O) groups is 3. The van der Waals surface area contributed by atoms with Crippen molar-refractivity contribution in [3.63, 3.8) is 0 Å². The summed E-state index contributed by atoms with van der Waals surface area (Å²) in [6, 6.07) is 5.43. The molecule has 2 unspecified atom stereocenters. The van der Waals surface area contributed by atoms with Crippen molar-refractivity contribution < 1.29 is 19.1 Å². The standard InChI is InChI=1S/C21H26N4O4/c22-8-15-5-6-21(29-15)11-24(12-21)9-13-1-2-14-10-25(20(28)16(14)7-13)17-3-4-18(26)23-19(17)27/h1-2,7,15,17H,3-6,8-12,22H2,(H,23,26,27). The maximum Gasteiger partial charge on any atom is 0.255 e. The molecular weight excluding hydrogens is 372 g/mol. The first-order valence-electron chi connectivity index (χ1n) is 10.3. The molecule has 5 rings (SSSR count). The van der Waals surface area contributed by atoms with Crippen molar-refractivity contribution in [1.29, 1.82) is 0 Å². The summed E-state index contributed by atoms with van der Waals surface area (Å²) in [5.41, 5.74) is 8.39. The number of likely N-dealkylation sites (tertiary alicyclic amines) is 1. The maximum atomic E-state index is 12.9. The van der Waals surface area contributed by atoms with E-state index in [9.17, 15) is 14.4 Å². The van der Waals surface area contributed by atoms with E-state index in [1.54, 1.807) is 4.90 Å². The minimum Gasteiger partial charge on any atom is -0.368 e. The molecule has 0 bridgehead atoms. The third kappa shape index (κ3) is 3.25. The highest BCUT2D eigenvalue weighted by Gasteiger charge is 2.49. The van der Waals surface area contributed by atoms with Crippen molar-refractivity contribution in [2.75, 3.05) is 19.6 Å². The molecule has 1 spiro atoms. The van der Waals surface area contributed by atoms with Gasteiger partial charge in [0.05, 0.1) is 11.7 Å². The van der Waals surface area contributed by atoms with Gasteiger partial charge in [-0.15, -0.1) is 0 Å². The number of carbonyl (C=O) groups excluding carboxylic acids is 3. The Hall–Kier alpha value is -2.29. The van der Waals surface area contributed by atoms with Gasteiger partial charge in [0.2, 0.25) is 11.8 Å². The summed E-state index contributed by atoms with van der Waals surface area (Å²) in [6.45, 7) is 3.57. The van der Waals surface area contributed by atoms with E-state index in [4.69, 9.17) is 10.5 Å². The van der Waals surface area contributed by atoms with Gasteiger partial charge < -0.3 is 15.4 Å². The van der Waals surface area contributed by atoms with E-state index < -0.39 is 6.04 Å². The van der Waals surface area contributed by atoms with Crippen LogP contribution < -0.4 is 11.1 Å². The summed E-state index contributed by atoms with van der Waals surface area (Å²) in [4.78, 5) is 40.4. The van der Waals surface area contributed by atoms with Gasteiger partial charge in [0.1, 0.15) is 6.04 Å². The summed E-state index contributed by atoms with van der Waals surface area (Å²) >= 11 is 0. The Kier molecular flexibility index (Phi) is 4.45. The van der Waals surface area contributed by atoms with Crippen LogP contribution in [0, 0.1) is 0 Å². The lowest BCUT2D eigenvalue weighted by Gasteiger charge is -2.47. The lowest BCUT2D eigenvalue weighted by atomic mass is 9.90. The molecule has 1 aromatic carbocycles. The van der Waals surface area contributed by atoms with Gasteiger partial charge >= 0.3 is 0 Å². The maximum absolute atomic E-state index is 12.9.